The molecule has 2 atom stereocenters. The van der Waals surface area contributed by atoms with E-state index in [1.165, 1.54) is 12.3 Å². The Morgan fingerprint density at radius 3 is 2.37 bits per heavy atom. The summed E-state index contributed by atoms with van der Waals surface area (Å²) in [6.07, 6.45) is 3.47. The summed E-state index contributed by atoms with van der Waals surface area (Å²) in [5.74, 6) is -4.15. The van der Waals surface area contributed by atoms with Crippen LogP contribution in [0.1, 0.15) is 68.8 Å². The number of likely N-dealkylation sites (tertiary alicyclic amines) is 1. The second kappa shape index (κ2) is 18.6. The Balaban J connectivity index is 0.999. The number of nitrogens with zero attached hydrogens (tertiary/aromatic N) is 3. The second-order valence-corrected chi connectivity index (χ2v) is 17.1. The Bertz CT molecular complexity index is 2490. The Morgan fingerprint density at radius 2 is 1.65 bits per heavy atom. The van der Waals surface area contributed by atoms with E-state index in [0.29, 0.717) is 48.8 Å². The zero-order chi connectivity index (χ0) is 44.0. The van der Waals surface area contributed by atoms with Gasteiger partial charge in [-0.1, -0.05) is 60.7 Å². The van der Waals surface area contributed by atoms with Crippen molar-refractivity contribution in [3.63, 3.8) is 0 Å². The lowest BCUT2D eigenvalue weighted by Gasteiger charge is -2.30. The van der Waals surface area contributed by atoms with Crippen molar-refractivity contribution in [3.05, 3.63) is 108 Å². The van der Waals surface area contributed by atoms with Gasteiger partial charge < -0.3 is 30.3 Å². The van der Waals surface area contributed by atoms with Gasteiger partial charge in [0.05, 0.1) is 36.3 Å². The number of amides is 4. The topological polar surface area (TPSA) is 163 Å². The summed E-state index contributed by atoms with van der Waals surface area (Å²) in [6.45, 7) is 4.28. The zero-order valence-corrected chi connectivity index (χ0v) is 35.0. The van der Waals surface area contributed by atoms with Gasteiger partial charge in [0.25, 0.3) is 11.8 Å². The number of hydrogen-bond acceptors (Lipinski definition) is 8. The van der Waals surface area contributed by atoms with Crippen LogP contribution in [0.5, 0.6) is 5.75 Å². The molecule has 1 aliphatic carbocycles. The summed E-state index contributed by atoms with van der Waals surface area (Å²) in [6, 6.07) is 29.0. The fourth-order valence-corrected chi connectivity index (χ4v) is 8.11. The number of benzene rings is 4. The number of nitriles is 1. The van der Waals surface area contributed by atoms with Crippen LogP contribution in [0.25, 0.3) is 32.8 Å². The maximum Gasteiger partial charge on any atom is 0.407 e. The molecule has 2 heterocycles. The number of aromatic nitrogens is 1. The Hall–Kier alpha value is -6.62. The first-order valence-electron chi connectivity index (χ1n) is 20.9. The van der Waals surface area contributed by atoms with Crippen molar-refractivity contribution in [2.45, 2.75) is 88.9 Å². The summed E-state index contributed by atoms with van der Waals surface area (Å²) in [5.41, 5.74) is 2.89. The van der Waals surface area contributed by atoms with E-state index < -0.39 is 55.0 Å². The van der Waals surface area contributed by atoms with Crippen molar-refractivity contribution in [2.75, 3.05) is 19.7 Å². The molecule has 12 nitrogen and oxygen atoms in total. The standard InChI is InChI=1S/C48H50F2N6O6/c1-47(2,3)62-46(60)55-36-15-10-33(11-16-36)44(58)54-37(23-30-8-9-31-6-4-5-7-34(31)22-30)28-61-39-17-12-32(13-18-39)35-14-19-42-41(24-35)40(20-21-52-42)45(59)53-27-43(57)56-29-48(49,50)25-38(56)26-51/h4-9,12-14,17-22,24,33,36-38H,10-11,15-16,23,25,27-29H2,1-3H3,(H,53,59)(H,54,58)(H,55,60)/t33?,36?,37-,38-/m0/s1. The Kier molecular flexibility index (Phi) is 13.0. The van der Waals surface area contributed by atoms with Crippen LogP contribution in [0.2, 0.25) is 0 Å². The predicted molar refractivity (Wildman–Crippen MR) is 230 cm³/mol. The third-order valence-corrected chi connectivity index (χ3v) is 11.2. The van der Waals surface area contributed by atoms with Gasteiger partial charge >= 0.3 is 6.09 Å². The van der Waals surface area contributed by atoms with Crippen LogP contribution in [0, 0.1) is 17.2 Å². The van der Waals surface area contributed by atoms with Gasteiger partial charge in [0.1, 0.15) is 24.0 Å². The fraction of sp³-hybridized carbons (Fsp3) is 0.375. The Labute approximate surface area is 359 Å². The van der Waals surface area contributed by atoms with Gasteiger partial charge in [-0.15, -0.1) is 0 Å². The van der Waals surface area contributed by atoms with Crippen LogP contribution < -0.4 is 20.7 Å². The number of alkyl halides is 2. The van der Waals surface area contributed by atoms with Crippen LogP contribution in [0.4, 0.5) is 13.6 Å². The number of hydrogen-bond donors (Lipinski definition) is 3. The molecule has 0 spiro atoms. The molecular weight excluding hydrogens is 795 g/mol. The lowest BCUT2D eigenvalue weighted by atomic mass is 9.85. The molecule has 0 unspecified atom stereocenters. The summed E-state index contributed by atoms with van der Waals surface area (Å²) in [4.78, 5) is 57.3. The average molecular weight is 845 g/mol. The molecule has 322 valence electrons. The molecule has 7 rings (SSSR count). The quantitative estimate of drug-likeness (QED) is 0.115. The van der Waals surface area contributed by atoms with Gasteiger partial charge in [-0.25, -0.2) is 13.6 Å². The average Bonchev–Trinajstić information content (AvgIpc) is 3.58. The van der Waals surface area contributed by atoms with E-state index in [2.05, 4.69) is 51.3 Å². The molecular formula is C48H50F2N6O6. The highest BCUT2D eigenvalue weighted by molar-refractivity contribution is 6.07. The van der Waals surface area contributed by atoms with Gasteiger partial charge in [-0.2, -0.15) is 5.26 Å². The van der Waals surface area contributed by atoms with E-state index in [1.54, 1.807) is 12.1 Å². The number of ether oxygens (including phenoxy) is 2. The van der Waals surface area contributed by atoms with Crippen molar-refractivity contribution in [2.24, 2.45) is 5.92 Å². The van der Waals surface area contributed by atoms with Crippen molar-refractivity contribution in [3.8, 4) is 22.9 Å². The maximum atomic E-state index is 13.9. The fourth-order valence-electron chi connectivity index (χ4n) is 8.11. The highest BCUT2D eigenvalue weighted by atomic mass is 19.3. The lowest BCUT2D eigenvalue weighted by molar-refractivity contribution is -0.131. The normalized spacial score (nSPS) is 19.0. The molecule has 14 heteroatoms. The minimum atomic E-state index is -3.16. The van der Waals surface area contributed by atoms with Crippen LogP contribution in [-0.2, 0) is 20.7 Å². The first-order valence-corrected chi connectivity index (χ1v) is 20.9. The largest absolute Gasteiger partial charge is 0.491 e. The number of nitrogens with one attached hydrogen (secondary N) is 3. The number of carbonyl (C=O) groups is 4. The molecule has 1 saturated carbocycles. The number of fused-ring (bicyclic) bond motifs is 2. The van der Waals surface area contributed by atoms with E-state index in [9.17, 15) is 33.2 Å². The molecule has 62 heavy (non-hydrogen) atoms. The van der Waals surface area contributed by atoms with E-state index in [-0.39, 0.29) is 36.1 Å². The first kappa shape index (κ1) is 43.5. The third kappa shape index (κ3) is 11.0. The maximum absolute atomic E-state index is 13.9. The molecule has 4 aromatic carbocycles. The highest BCUT2D eigenvalue weighted by Gasteiger charge is 2.47. The van der Waals surface area contributed by atoms with Gasteiger partial charge in [-0.05, 0) is 111 Å². The zero-order valence-electron chi connectivity index (χ0n) is 35.0. The molecule has 4 amide bonds. The number of alkyl carbamates (subject to hydrolysis) is 1. The molecule has 5 aromatic rings. The number of carbonyl (C=O) groups excluding carboxylic acids is 4. The molecule has 1 saturated heterocycles. The summed E-state index contributed by atoms with van der Waals surface area (Å²) >= 11 is 0. The van der Waals surface area contributed by atoms with E-state index in [0.717, 1.165) is 32.4 Å². The van der Waals surface area contributed by atoms with Gasteiger partial charge in [-0.3, -0.25) is 19.4 Å². The number of rotatable bonds is 12. The minimum absolute atomic E-state index is 0.0419. The van der Waals surface area contributed by atoms with Gasteiger partial charge in [0, 0.05) is 30.0 Å². The van der Waals surface area contributed by atoms with Crippen LogP contribution in [-0.4, -0.2) is 83.0 Å². The molecule has 1 aliphatic heterocycles. The highest BCUT2D eigenvalue weighted by Crippen LogP contribution is 2.32. The summed E-state index contributed by atoms with van der Waals surface area (Å²) in [5, 5.41) is 20.8. The van der Waals surface area contributed by atoms with Gasteiger partial charge in [0.15, 0.2) is 0 Å². The second-order valence-electron chi connectivity index (χ2n) is 17.1. The number of halogens is 2. The van der Waals surface area contributed by atoms with Crippen LogP contribution in [0.3, 0.4) is 0 Å². The molecule has 2 fully saturated rings. The molecule has 0 radical (unpaired) electrons. The first-order chi connectivity index (χ1) is 29.6. The molecule has 3 N–H and O–H groups in total. The van der Waals surface area contributed by atoms with Crippen molar-refractivity contribution in [1.29, 1.82) is 5.26 Å². The predicted octanol–water partition coefficient (Wildman–Crippen LogP) is 7.73. The SMILES string of the molecule is CC(C)(C)OC(=O)NC1CCC(C(=O)N[C@H](COc2ccc(-c3ccc4nccc(C(=O)NCC(=O)N5CC(F)(F)C[C@H]5C#N)c4c3)cc2)Cc2ccc3ccccc3c2)CC1. The smallest absolute Gasteiger partial charge is 0.407 e. The molecule has 1 aromatic heterocycles. The van der Waals surface area contributed by atoms with E-state index in [4.69, 9.17) is 9.47 Å². The minimum Gasteiger partial charge on any atom is -0.491 e. The number of pyridine rings is 1. The van der Waals surface area contributed by atoms with Crippen molar-refractivity contribution in [1.82, 2.24) is 25.8 Å². The van der Waals surface area contributed by atoms with Gasteiger partial charge in [0.2, 0.25) is 11.8 Å². The van der Waals surface area contributed by atoms with E-state index >= 15 is 0 Å². The van der Waals surface area contributed by atoms with Crippen molar-refractivity contribution < 1.29 is 37.4 Å². The van der Waals surface area contributed by atoms with Crippen molar-refractivity contribution >= 4 is 45.5 Å². The Morgan fingerprint density at radius 1 is 0.919 bits per heavy atom. The molecule has 0 bridgehead atoms. The summed E-state index contributed by atoms with van der Waals surface area (Å²) < 4.78 is 39.5. The van der Waals surface area contributed by atoms with Crippen LogP contribution >= 0.6 is 0 Å². The lowest BCUT2D eigenvalue weighted by Crippen LogP contribution is -2.46. The van der Waals surface area contributed by atoms with Crippen LogP contribution in [0.15, 0.2) is 97.2 Å². The third-order valence-electron chi connectivity index (χ3n) is 11.2. The molecule has 2 aliphatic rings. The summed E-state index contributed by atoms with van der Waals surface area (Å²) in [7, 11) is 0. The van der Waals surface area contributed by atoms with E-state index in [1.807, 2.05) is 69.3 Å². The monoisotopic (exact) mass is 844 g/mol.